The van der Waals surface area contributed by atoms with Crippen LogP contribution in [0.3, 0.4) is 0 Å². The van der Waals surface area contributed by atoms with E-state index in [0.717, 1.165) is 40.7 Å². The SMILES string of the molecule is COc1cc2c(cc1OC)-c1c(OC)c(O)cc3c1C(C2)[N+](C)(C)CC3. The molecule has 138 valence electrons. The Morgan fingerprint density at radius 3 is 2.31 bits per heavy atom. The minimum absolute atomic E-state index is 0.204. The Balaban J connectivity index is 2.08. The molecule has 0 fully saturated rings. The molecule has 1 atom stereocenters. The summed E-state index contributed by atoms with van der Waals surface area (Å²) in [5.41, 5.74) is 5.78. The van der Waals surface area contributed by atoms with Crippen LogP contribution < -0.4 is 14.2 Å². The number of fused-ring (bicyclic) bond motifs is 2. The molecule has 0 spiro atoms. The first-order valence-corrected chi connectivity index (χ1v) is 8.92. The van der Waals surface area contributed by atoms with Crippen LogP contribution in [0, 0.1) is 0 Å². The van der Waals surface area contributed by atoms with E-state index in [9.17, 15) is 5.11 Å². The van der Waals surface area contributed by atoms with Gasteiger partial charge in [-0.05, 0) is 34.9 Å². The van der Waals surface area contributed by atoms with Gasteiger partial charge in [0, 0.05) is 24.0 Å². The number of hydrogen-bond acceptors (Lipinski definition) is 4. The zero-order chi connectivity index (χ0) is 18.6. The van der Waals surface area contributed by atoms with E-state index in [0.29, 0.717) is 17.5 Å². The Labute approximate surface area is 154 Å². The van der Waals surface area contributed by atoms with Gasteiger partial charge in [-0.25, -0.2) is 0 Å². The smallest absolute Gasteiger partial charge is 0.168 e. The highest BCUT2D eigenvalue weighted by atomic mass is 16.5. The Morgan fingerprint density at radius 1 is 0.962 bits per heavy atom. The second-order valence-electron chi connectivity index (χ2n) is 7.71. The van der Waals surface area contributed by atoms with Crippen molar-refractivity contribution in [2.24, 2.45) is 0 Å². The van der Waals surface area contributed by atoms with E-state index in [2.05, 4.69) is 20.2 Å². The lowest BCUT2D eigenvalue weighted by Crippen LogP contribution is -2.49. The van der Waals surface area contributed by atoms with Crippen LogP contribution in [0.15, 0.2) is 18.2 Å². The third-order valence-corrected chi connectivity index (χ3v) is 6.02. The number of benzene rings is 2. The summed E-state index contributed by atoms with van der Waals surface area (Å²) < 4.78 is 17.6. The van der Waals surface area contributed by atoms with E-state index in [1.807, 2.05) is 12.1 Å². The zero-order valence-electron chi connectivity index (χ0n) is 16.0. The minimum atomic E-state index is 0.204. The van der Waals surface area contributed by atoms with Crippen LogP contribution in [0.25, 0.3) is 11.1 Å². The Kier molecular flexibility index (Phi) is 3.81. The third kappa shape index (κ3) is 2.27. The van der Waals surface area contributed by atoms with E-state index in [1.54, 1.807) is 21.3 Å². The molecule has 0 bridgehead atoms. The second-order valence-corrected chi connectivity index (χ2v) is 7.71. The molecule has 1 aliphatic heterocycles. The highest BCUT2D eigenvalue weighted by Gasteiger charge is 2.43. The monoisotopic (exact) mass is 356 g/mol. The van der Waals surface area contributed by atoms with Crippen molar-refractivity contribution in [1.82, 2.24) is 0 Å². The molecule has 2 aromatic rings. The van der Waals surface area contributed by atoms with Gasteiger partial charge in [-0.1, -0.05) is 0 Å². The Morgan fingerprint density at radius 2 is 1.65 bits per heavy atom. The number of rotatable bonds is 3. The van der Waals surface area contributed by atoms with Gasteiger partial charge < -0.3 is 23.8 Å². The molecule has 26 heavy (non-hydrogen) atoms. The molecule has 5 nitrogen and oxygen atoms in total. The fourth-order valence-corrected chi connectivity index (χ4v) is 4.57. The van der Waals surface area contributed by atoms with Crippen LogP contribution in [0.5, 0.6) is 23.0 Å². The normalized spacial score (nSPS) is 19.3. The quantitative estimate of drug-likeness (QED) is 0.857. The number of methoxy groups -OCH3 is 3. The first-order valence-electron chi connectivity index (χ1n) is 8.92. The van der Waals surface area contributed by atoms with Crippen molar-refractivity contribution in [2.75, 3.05) is 42.0 Å². The standard InChI is InChI=1S/C21H25NO4/c1-22(2)7-6-12-9-16(23)21(26-5)20-14-11-18(25-4)17(24-3)10-13(14)8-15(22)19(12)20/h9-11,15H,6-8H2,1-5H3/p+1. The van der Waals surface area contributed by atoms with Crippen molar-refractivity contribution >= 4 is 0 Å². The average Bonchev–Trinajstić information content (AvgIpc) is 2.63. The molecule has 1 unspecified atom stereocenters. The molecule has 0 saturated heterocycles. The number of aromatic hydroxyl groups is 1. The molecular formula is C21H26NO4+. The molecule has 5 heteroatoms. The molecule has 1 aliphatic carbocycles. The van der Waals surface area contributed by atoms with Gasteiger partial charge >= 0.3 is 0 Å². The summed E-state index contributed by atoms with van der Waals surface area (Å²) in [7, 11) is 9.48. The largest absolute Gasteiger partial charge is 0.504 e. The molecule has 4 rings (SSSR count). The summed E-state index contributed by atoms with van der Waals surface area (Å²) in [6, 6.07) is 6.29. The summed E-state index contributed by atoms with van der Waals surface area (Å²) in [5, 5.41) is 10.6. The topological polar surface area (TPSA) is 47.9 Å². The molecule has 1 heterocycles. The van der Waals surface area contributed by atoms with Gasteiger partial charge in [0.15, 0.2) is 23.0 Å². The number of hydrogen-bond donors (Lipinski definition) is 1. The summed E-state index contributed by atoms with van der Waals surface area (Å²) in [5.74, 6) is 2.17. The van der Waals surface area contributed by atoms with E-state index in [1.165, 1.54) is 16.7 Å². The highest BCUT2D eigenvalue weighted by molar-refractivity contribution is 5.84. The summed E-state index contributed by atoms with van der Waals surface area (Å²) in [6.45, 7) is 1.05. The number of quaternary nitrogens is 1. The summed E-state index contributed by atoms with van der Waals surface area (Å²) >= 11 is 0. The zero-order valence-corrected chi connectivity index (χ0v) is 16.0. The number of phenolic OH excluding ortho intramolecular Hbond substituents is 1. The van der Waals surface area contributed by atoms with Gasteiger partial charge in [-0.3, -0.25) is 0 Å². The Hall–Kier alpha value is -2.40. The fourth-order valence-electron chi connectivity index (χ4n) is 4.57. The van der Waals surface area contributed by atoms with Crippen LogP contribution in [0.1, 0.15) is 22.7 Å². The summed E-state index contributed by atoms with van der Waals surface area (Å²) in [6.07, 6.45) is 1.88. The lowest BCUT2D eigenvalue weighted by atomic mass is 9.75. The molecule has 2 aromatic carbocycles. The highest BCUT2D eigenvalue weighted by Crippen LogP contribution is 2.54. The molecular weight excluding hydrogens is 330 g/mol. The number of phenols is 1. The van der Waals surface area contributed by atoms with E-state index in [4.69, 9.17) is 14.2 Å². The summed E-state index contributed by atoms with van der Waals surface area (Å²) in [4.78, 5) is 0. The van der Waals surface area contributed by atoms with Crippen molar-refractivity contribution in [3.05, 3.63) is 34.9 Å². The number of nitrogens with zero attached hydrogens (tertiary/aromatic N) is 1. The lowest BCUT2D eigenvalue weighted by Gasteiger charge is -2.46. The van der Waals surface area contributed by atoms with E-state index in [-0.39, 0.29) is 5.75 Å². The fraction of sp³-hybridized carbons (Fsp3) is 0.429. The van der Waals surface area contributed by atoms with Crippen LogP contribution in [-0.2, 0) is 12.8 Å². The first kappa shape index (κ1) is 17.0. The molecule has 0 saturated carbocycles. The molecule has 0 amide bonds. The predicted octanol–water partition coefficient (Wildman–Crippen LogP) is 3.31. The van der Waals surface area contributed by atoms with Crippen molar-refractivity contribution in [1.29, 1.82) is 0 Å². The van der Waals surface area contributed by atoms with Gasteiger partial charge in [0.2, 0.25) is 0 Å². The van der Waals surface area contributed by atoms with Crippen molar-refractivity contribution < 1.29 is 23.8 Å². The van der Waals surface area contributed by atoms with E-state index < -0.39 is 0 Å². The molecule has 2 aliphatic rings. The third-order valence-electron chi connectivity index (χ3n) is 6.02. The van der Waals surface area contributed by atoms with Crippen LogP contribution in [0.4, 0.5) is 0 Å². The Bertz CT molecular complexity index is 888. The molecule has 1 N–H and O–H groups in total. The average molecular weight is 356 g/mol. The maximum Gasteiger partial charge on any atom is 0.168 e. The maximum atomic E-state index is 10.6. The first-order chi connectivity index (χ1) is 12.4. The van der Waals surface area contributed by atoms with Gasteiger partial charge in [-0.2, -0.15) is 0 Å². The number of likely N-dealkylation sites (N-methyl/N-ethyl adjacent to an activating group) is 1. The predicted molar refractivity (Wildman–Crippen MR) is 100 cm³/mol. The van der Waals surface area contributed by atoms with Crippen LogP contribution in [-0.4, -0.2) is 51.6 Å². The van der Waals surface area contributed by atoms with Gasteiger partial charge in [0.1, 0.15) is 6.04 Å². The number of ether oxygens (including phenoxy) is 3. The minimum Gasteiger partial charge on any atom is -0.504 e. The van der Waals surface area contributed by atoms with Gasteiger partial charge in [0.05, 0.1) is 42.0 Å². The second kappa shape index (κ2) is 5.81. The molecule has 0 aromatic heterocycles. The van der Waals surface area contributed by atoms with Crippen molar-refractivity contribution in [3.63, 3.8) is 0 Å². The van der Waals surface area contributed by atoms with Crippen LogP contribution in [0.2, 0.25) is 0 Å². The maximum absolute atomic E-state index is 10.6. The van der Waals surface area contributed by atoms with Gasteiger partial charge in [0.25, 0.3) is 0 Å². The van der Waals surface area contributed by atoms with Crippen molar-refractivity contribution in [3.8, 4) is 34.1 Å². The van der Waals surface area contributed by atoms with Crippen molar-refractivity contribution in [2.45, 2.75) is 18.9 Å². The molecule has 0 radical (unpaired) electrons. The van der Waals surface area contributed by atoms with Gasteiger partial charge in [-0.15, -0.1) is 0 Å². The van der Waals surface area contributed by atoms with E-state index >= 15 is 0 Å². The lowest BCUT2D eigenvalue weighted by molar-refractivity contribution is -0.923. The van der Waals surface area contributed by atoms with Crippen LogP contribution >= 0.6 is 0 Å².